The van der Waals surface area contributed by atoms with Crippen LogP contribution in [-0.2, 0) is 4.79 Å². The number of carbonyl (C=O) groups excluding carboxylic acids is 1. The molecule has 1 aromatic heterocycles. The highest BCUT2D eigenvalue weighted by molar-refractivity contribution is 6.00. The molecule has 5 heteroatoms. The van der Waals surface area contributed by atoms with Gasteiger partial charge in [-0.25, -0.2) is 4.79 Å². The summed E-state index contributed by atoms with van der Waals surface area (Å²) >= 11 is 0. The third kappa shape index (κ3) is 2.38. The quantitative estimate of drug-likeness (QED) is 0.699. The normalized spacial score (nSPS) is 15.1. The molecule has 0 unspecified atom stereocenters. The summed E-state index contributed by atoms with van der Waals surface area (Å²) in [5.74, 6) is -1.28. The minimum absolute atomic E-state index is 0.0295. The van der Waals surface area contributed by atoms with Crippen molar-refractivity contribution in [3.05, 3.63) is 29.6 Å². The molecule has 0 saturated heterocycles. The van der Waals surface area contributed by atoms with Crippen molar-refractivity contribution in [3.8, 4) is 0 Å². The lowest BCUT2D eigenvalue weighted by atomic mass is 10.1. The lowest BCUT2D eigenvalue weighted by molar-refractivity contribution is -0.119. The predicted octanol–water partition coefficient (Wildman–Crippen LogP) is 1.93. The van der Waals surface area contributed by atoms with Gasteiger partial charge in [-0.2, -0.15) is 0 Å². The van der Waals surface area contributed by atoms with E-state index >= 15 is 0 Å². The Hall–Kier alpha value is -2.04. The molecule has 0 saturated carbocycles. The molecule has 0 spiro atoms. The highest BCUT2D eigenvalue weighted by Gasteiger charge is 2.22. The third-order valence-corrected chi connectivity index (χ3v) is 2.80. The molecule has 2 rings (SSSR count). The van der Waals surface area contributed by atoms with Crippen molar-refractivity contribution in [2.75, 3.05) is 5.32 Å². The molecule has 5 nitrogen and oxygen atoms in total. The second-order valence-corrected chi connectivity index (χ2v) is 4.18. The molecule has 0 bridgehead atoms. The molecule has 0 atom stereocenters. The molecule has 3 N–H and O–H groups in total. The molecule has 0 fully saturated rings. The molecule has 1 amide bonds. The van der Waals surface area contributed by atoms with Crippen molar-refractivity contribution >= 4 is 17.6 Å². The van der Waals surface area contributed by atoms with Gasteiger partial charge in [0.05, 0.1) is 5.69 Å². The first-order valence-corrected chi connectivity index (χ1v) is 5.46. The Bertz CT molecular complexity index is 480. The van der Waals surface area contributed by atoms with E-state index in [1.54, 1.807) is 13.0 Å². The molecule has 0 radical (unpaired) electrons. The number of aromatic nitrogens is 1. The molecule has 1 aliphatic rings. The van der Waals surface area contributed by atoms with Crippen LogP contribution in [-0.4, -0.2) is 22.0 Å². The number of hydrogen-bond donors (Lipinski definition) is 3. The van der Waals surface area contributed by atoms with E-state index in [1.165, 1.54) is 0 Å². The Morgan fingerprint density at radius 1 is 1.41 bits per heavy atom. The lowest BCUT2D eigenvalue weighted by Gasteiger charge is -2.09. The lowest BCUT2D eigenvalue weighted by Crippen LogP contribution is -2.21. The molecule has 0 aliphatic heterocycles. The number of aryl methyl sites for hydroxylation is 1. The molecule has 90 valence electrons. The third-order valence-electron chi connectivity index (χ3n) is 2.80. The van der Waals surface area contributed by atoms with Crippen LogP contribution in [0.25, 0.3) is 0 Å². The van der Waals surface area contributed by atoms with Gasteiger partial charge in [0.2, 0.25) is 5.91 Å². The Morgan fingerprint density at radius 3 is 2.65 bits per heavy atom. The van der Waals surface area contributed by atoms with Crippen LogP contribution in [0, 0.1) is 12.8 Å². The number of rotatable bonds is 3. The van der Waals surface area contributed by atoms with Crippen LogP contribution in [0.2, 0.25) is 0 Å². The summed E-state index contributed by atoms with van der Waals surface area (Å²) in [6.45, 7) is 1.75. The van der Waals surface area contributed by atoms with Gasteiger partial charge in [0.25, 0.3) is 0 Å². The van der Waals surface area contributed by atoms with Gasteiger partial charge in [-0.3, -0.25) is 4.79 Å². The van der Waals surface area contributed by atoms with Gasteiger partial charge in [-0.05, 0) is 25.8 Å². The van der Waals surface area contributed by atoms with E-state index in [9.17, 15) is 9.59 Å². The van der Waals surface area contributed by atoms with Crippen LogP contribution >= 0.6 is 0 Å². The second kappa shape index (κ2) is 4.45. The highest BCUT2D eigenvalue weighted by Crippen LogP contribution is 2.22. The smallest absolute Gasteiger partial charge is 0.354 e. The average Bonchev–Trinajstić information content (AvgIpc) is 2.86. The summed E-state index contributed by atoms with van der Waals surface area (Å²) in [6.07, 6.45) is 5.37. The summed E-state index contributed by atoms with van der Waals surface area (Å²) in [6, 6.07) is 1.63. The fourth-order valence-corrected chi connectivity index (χ4v) is 1.92. The van der Waals surface area contributed by atoms with Crippen molar-refractivity contribution < 1.29 is 14.7 Å². The summed E-state index contributed by atoms with van der Waals surface area (Å²) in [5.41, 5.74) is 1.08. The van der Waals surface area contributed by atoms with E-state index in [2.05, 4.69) is 10.3 Å². The van der Waals surface area contributed by atoms with Crippen LogP contribution in [0.15, 0.2) is 18.2 Å². The summed E-state index contributed by atoms with van der Waals surface area (Å²) in [4.78, 5) is 25.5. The number of carboxylic acids is 1. The maximum Gasteiger partial charge on any atom is 0.354 e. The Kier molecular flexibility index (Phi) is 2.99. The summed E-state index contributed by atoms with van der Waals surface area (Å²) in [5, 5.41) is 11.6. The highest BCUT2D eigenvalue weighted by atomic mass is 16.4. The van der Waals surface area contributed by atoms with Crippen LogP contribution in [0.5, 0.6) is 0 Å². The zero-order chi connectivity index (χ0) is 12.4. The molecular weight excluding hydrogens is 220 g/mol. The summed E-state index contributed by atoms with van der Waals surface area (Å²) in [7, 11) is 0. The van der Waals surface area contributed by atoms with E-state index in [-0.39, 0.29) is 17.5 Å². The number of carbonyl (C=O) groups is 2. The van der Waals surface area contributed by atoms with Crippen molar-refractivity contribution in [2.45, 2.75) is 19.8 Å². The van der Waals surface area contributed by atoms with E-state index < -0.39 is 5.97 Å². The topological polar surface area (TPSA) is 82.2 Å². The Balaban J connectivity index is 2.12. The van der Waals surface area contributed by atoms with E-state index in [0.717, 1.165) is 12.8 Å². The number of H-pyrrole nitrogens is 1. The molecule has 1 aromatic rings. The zero-order valence-electron chi connectivity index (χ0n) is 9.49. The molecule has 1 aliphatic carbocycles. The number of carboxylic acid groups (broad SMARTS) is 1. The number of amides is 1. The first-order valence-electron chi connectivity index (χ1n) is 5.46. The molecular formula is C12H14N2O3. The van der Waals surface area contributed by atoms with Crippen LogP contribution < -0.4 is 5.32 Å². The van der Waals surface area contributed by atoms with Crippen LogP contribution in [0.3, 0.4) is 0 Å². The number of hydrogen-bond acceptors (Lipinski definition) is 2. The van der Waals surface area contributed by atoms with Gasteiger partial charge in [-0.1, -0.05) is 12.2 Å². The van der Waals surface area contributed by atoms with Crippen molar-refractivity contribution in [2.24, 2.45) is 5.92 Å². The fraction of sp³-hybridized carbons (Fsp3) is 0.333. The molecule has 17 heavy (non-hydrogen) atoms. The number of aromatic carboxylic acids is 1. The fourth-order valence-electron chi connectivity index (χ4n) is 1.92. The number of nitrogens with one attached hydrogen (secondary N) is 2. The van der Waals surface area contributed by atoms with Crippen molar-refractivity contribution in [3.63, 3.8) is 0 Å². The second-order valence-electron chi connectivity index (χ2n) is 4.18. The Labute approximate surface area is 98.5 Å². The largest absolute Gasteiger partial charge is 0.477 e. The van der Waals surface area contributed by atoms with Gasteiger partial charge >= 0.3 is 5.97 Å². The van der Waals surface area contributed by atoms with E-state index in [0.29, 0.717) is 11.4 Å². The van der Waals surface area contributed by atoms with Crippen LogP contribution in [0.1, 0.15) is 29.0 Å². The van der Waals surface area contributed by atoms with Crippen molar-refractivity contribution in [1.82, 2.24) is 4.98 Å². The van der Waals surface area contributed by atoms with Gasteiger partial charge in [0.1, 0.15) is 5.69 Å². The minimum atomic E-state index is -1.07. The number of allylic oxidation sites excluding steroid dienone is 2. The zero-order valence-corrected chi connectivity index (χ0v) is 9.49. The monoisotopic (exact) mass is 234 g/mol. The minimum Gasteiger partial charge on any atom is -0.477 e. The first kappa shape index (κ1) is 11.4. The average molecular weight is 234 g/mol. The number of aromatic amines is 1. The van der Waals surface area contributed by atoms with E-state index in [1.807, 2.05) is 12.2 Å². The maximum absolute atomic E-state index is 11.8. The Morgan fingerprint density at radius 2 is 2.06 bits per heavy atom. The van der Waals surface area contributed by atoms with Gasteiger partial charge in [0.15, 0.2) is 0 Å². The van der Waals surface area contributed by atoms with Gasteiger partial charge in [0, 0.05) is 11.6 Å². The van der Waals surface area contributed by atoms with Gasteiger partial charge < -0.3 is 15.4 Å². The van der Waals surface area contributed by atoms with Crippen molar-refractivity contribution in [1.29, 1.82) is 0 Å². The van der Waals surface area contributed by atoms with Gasteiger partial charge in [-0.15, -0.1) is 0 Å². The van der Waals surface area contributed by atoms with E-state index in [4.69, 9.17) is 5.11 Å². The molecule has 1 heterocycles. The number of anilines is 1. The predicted molar refractivity (Wildman–Crippen MR) is 63.0 cm³/mol. The standard InChI is InChI=1S/C12H14N2O3/c1-7-6-9(10(13-7)12(16)17)14-11(15)8-4-2-3-5-8/h2-3,6,8,13H,4-5H2,1H3,(H,14,15)(H,16,17). The summed E-state index contributed by atoms with van der Waals surface area (Å²) < 4.78 is 0. The first-order chi connectivity index (χ1) is 8.08. The van der Waals surface area contributed by atoms with Crippen LogP contribution in [0.4, 0.5) is 5.69 Å². The molecule has 0 aromatic carbocycles. The maximum atomic E-state index is 11.8. The SMILES string of the molecule is Cc1cc(NC(=O)C2CC=CC2)c(C(=O)O)[nH]1.